The minimum Gasteiger partial charge on any atom is -0.327 e. The van der Waals surface area contributed by atoms with E-state index in [1.807, 2.05) is 6.92 Å². The summed E-state index contributed by atoms with van der Waals surface area (Å²) in [7, 11) is 0. The lowest BCUT2D eigenvalue weighted by Crippen LogP contribution is -1.99. The van der Waals surface area contributed by atoms with Crippen LogP contribution in [0.4, 0.5) is 0 Å². The van der Waals surface area contributed by atoms with Crippen LogP contribution in [0, 0.1) is 6.92 Å². The van der Waals surface area contributed by atoms with Gasteiger partial charge in [0.1, 0.15) is 0 Å². The molecule has 0 saturated carbocycles. The average Bonchev–Trinajstić information content (AvgIpc) is 2.11. The van der Waals surface area contributed by atoms with Crippen LogP contribution < -0.4 is 5.73 Å². The third-order valence-corrected chi connectivity index (χ3v) is 2.79. The Morgan fingerprint density at radius 1 is 1.54 bits per heavy atom. The van der Waals surface area contributed by atoms with Crippen LogP contribution in [-0.4, -0.2) is 6.54 Å². The molecule has 2 N–H and O–H groups in total. The Morgan fingerprint density at radius 3 is 2.77 bits per heavy atom. The van der Waals surface area contributed by atoms with E-state index >= 15 is 0 Å². The Balaban J connectivity index is 2.98. The molecular formula is C11H14BrN. The molecule has 1 nitrogen and oxygen atoms in total. The van der Waals surface area contributed by atoms with Gasteiger partial charge < -0.3 is 5.73 Å². The first-order chi connectivity index (χ1) is 6.13. The van der Waals surface area contributed by atoms with Gasteiger partial charge in [0, 0.05) is 11.0 Å². The monoisotopic (exact) mass is 239 g/mol. The lowest BCUT2D eigenvalue weighted by molar-refractivity contribution is 1.15. The summed E-state index contributed by atoms with van der Waals surface area (Å²) in [5.41, 5.74) is 9.15. The van der Waals surface area contributed by atoms with Crippen molar-refractivity contribution in [1.29, 1.82) is 0 Å². The highest BCUT2D eigenvalue weighted by Gasteiger charge is 1.95. The lowest BCUT2D eigenvalue weighted by atomic mass is 10.1. The van der Waals surface area contributed by atoms with Crippen molar-refractivity contribution in [1.82, 2.24) is 0 Å². The van der Waals surface area contributed by atoms with Gasteiger partial charge in [-0.25, -0.2) is 0 Å². The van der Waals surface area contributed by atoms with E-state index in [1.54, 1.807) is 0 Å². The van der Waals surface area contributed by atoms with Crippen LogP contribution in [0.25, 0.3) is 6.08 Å². The largest absolute Gasteiger partial charge is 0.327 e. The second-order valence-corrected chi connectivity index (χ2v) is 4.06. The molecule has 0 unspecified atom stereocenters. The predicted molar refractivity (Wildman–Crippen MR) is 61.6 cm³/mol. The minimum absolute atomic E-state index is 0.617. The van der Waals surface area contributed by atoms with E-state index in [9.17, 15) is 0 Å². The van der Waals surface area contributed by atoms with E-state index in [1.165, 1.54) is 16.7 Å². The van der Waals surface area contributed by atoms with Crippen LogP contribution in [0.2, 0.25) is 0 Å². The van der Waals surface area contributed by atoms with E-state index in [0.717, 1.165) is 4.47 Å². The van der Waals surface area contributed by atoms with E-state index in [2.05, 4.69) is 47.1 Å². The second kappa shape index (κ2) is 4.58. The molecule has 1 aromatic carbocycles. The molecule has 1 aromatic rings. The van der Waals surface area contributed by atoms with E-state index in [4.69, 9.17) is 5.73 Å². The summed E-state index contributed by atoms with van der Waals surface area (Å²) in [5, 5.41) is 0. The number of rotatable bonds is 2. The van der Waals surface area contributed by atoms with Gasteiger partial charge in [-0.3, -0.25) is 0 Å². The predicted octanol–water partition coefficient (Wildman–Crippen LogP) is 3.12. The highest BCUT2D eigenvalue weighted by Crippen LogP contribution is 2.18. The smallest absolute Gasteiger partial charge is 0.0210 e. The van der Waals surface area contributed by atoms with Gasteiger partial charge in [-0.2, -0.15) is 0 Å². The molecule has 0 spiro atoms. The Morgan fingerprint density at radius 2 is 2.23 bits per heavy atom. The molecule has 1 rings (SSSR count). The summed E-state index contributed by atoms with van der Waals surface area (Å²) in [5.74, 6) is 0. The van der Waals surface area contributed by atoms with Gasteiger partial charge >= 0.3 is 0 Å². The molecule has 2 heteroatoms. The zero-order valence-corrected chi connectivity index (χ0v) is 9.56. The molecule has 0 heterocycles. The number of hydrogen-bond acceptors (Lipinski definition) is 1. The summed E-state index contributed by atoms with van der Waals surface area (Å²) < 4.78 is 1.14. The normalized spacial score (nSPS) is 11.8. The Bertz CT molecular complexity index is 329. The molecule has 13 heavy (non-hydrogen) atoms. The zero-order valence-electron chi connectivity index (χ0n) is 7.97. The first kappa shape index (κ1) is 10.5. The summed E-state index contributed by atoms with van der Waals surface area (Å²) in [6.07, 6.45) is 2.10. The van der Waals surface area contributed by atoms with Gasteiger partial charge in [0.15, 0.2) is 0 Å². The molecule has 0 radical (unpaired) electrons. The SMILES string of the molecule is C/C(=C/c1ccc(C)c(Br)c1)CN. The average molecular weight is 240 g/mol. The van der Waals surface area contributed by atoms with E-state index < -0.39 is 0 Å². The molecule has 0 amide bonds. The maximum absolute atomic E-state index is 5.51. The quantitative estimate of drug-likeness (QED) is 0.844. The third-order valence-electron chi connectivity index (χ3n) is 1.93. The Kier molecular flexibility index (Phi) is 3.70. The van der Waals surface area contributed by atoms with Crippen molar-refractivity contribution in [3.05, 3.63) is 39.4 Å². The molecule has 0 atom stereocenters. The van der Waals surface area contributed by atoms with Crippen LogP contribution >= 0.6 is 15.9 Å². The second-order valence-electron chi connectivity index (χ2n) is 3.20. The van der Waals surface area contributed by atoms with Crippen molar-refractivity contribution in [2.24, 2.45) is 5.73 Å². The maximum atomic E-state index is 5.51. The van der Waals surface area contributed by atoms with Crippen LogP contribution in [0.15, 0.2) is 28.2 Å². The molecule has 0 aliphatic rings. The zero-order chi connectivity index (χ0) is 9.84. The number of hydrogen-bond donors (Lipinski definition) is 1. The molecule has 0 aromatic heterocycles. The van der Waals surface area contributed by atoms with Crippen molar-refractivity contribution < 1.29 is 0 Å². The van der Waals surface area contributed by atoms with E-state index in [0.29, 0.717) is 6.54 Å². The highest BCUT2D eigenvalue weighted by molar-refractivity contribution is 9.10. The van der Waals surface area contributed by atoms with Crippen molar-refractivity contribution in [3.8, 4) is 0 Å². The molecule has 0 aliphatic heterocycles. The summed E-state index contributed by atoms with van der Waals surface area (Å²) >= 11 is 3.50. The van der Waals surface area contributed by atoms with Gasteiger partial charge in [0.05, 0.1) is 0 Å². The fourth-order valence-corrected chi connectivity index (χ4v) is 1.44. The molecule has 0 aliphatic carbocycles. The minimum atomic E-state index is 0.617. The van der Waals surface area contributed by atoms with Gasteiger partial charge in [-0.1, -0.05) is 39.7 Å². The molecular weight excluding hydrogens is 226 g/mol. The third kappa shape index (κ3) is 2.98. The lowest BCUT2D eigenvalue weighted by Gasteiger charge is -2.01. The van der Waals surface area contributed by atoms with Crippen LogP contribution in [0.5, 0.6) is 0 Å². The van der Waals surface area contributed by atoms with Crippen molar-refractivity contribution in [2.45, 2.75) is 13.8 Å². The first-order valence-corrected chi connectivity index (χ1v) is 5.06. The topological polar surface area (TPSA) is 26.0 Å². The maximum Gasteiger partial charge on any atom is 0.0210 e. The standard InChI is InChI=1S/C11H14BrN/c1-8(7-13)5-10-4-3-9(2)11(12)6-10/h3-6H,7,13H2,1-2H3/b8-5-. The highest BCUT2D eigenvalue weighted by atomic mass is 79.9. The number of halogens is 1. The number of nitrogens with two attached hydrogens (primary N) is 1. The van der Waals surface area contributed by atoms with Crippen LogP contribution in [0.3, 0.4) is 0 Å². The van der Waals surface area contributed by atoms with Gasteiger partial charge in [-0.05, 0) is 31.0 Å². The summed E-state index contributed by atoms with van der Waals surface area (Å²) in [6.45, 7) is 4.73. The van der Waals surface area contributed by atoms with Gasteiger partial charge in [-0.15, -0.1) is 0 Å². The number of aryl methyl sites for hydroxylation is 1. The van der Waals surface area contributed by atoms with Crippen LogP contribution in [-0.2, 0) is 0 Å². The van der Waals surface area contributed by atoms with Gasteiger partial charge in [0.25, 0.3) is 0 Å². The fourth-order valence-electron chi connectivity index (χ4n) is 1.04. The molecule has 0 bridgehead atoms. The summed E-state index contributed by atoms with van der Waals surface area (Å²) in [4.78, 5) is 0. The van der Waals surface area contributed by atoms with E-state index in [-0.39, 0.29) is 0 Å². The Labute approximate surface area is 87.8 Å². The Hall–Kier alpha value is -0.600. The summed E-state index contributed by atoms with van der Waals surface area (Å²) in [6, 6.07) is 6.30. The molecule has 0 saturated heterocycles. The van der Waals surface area contributed by atoms with Crippen molar-refractivity contribution in [3.63, 3.8) is 0 Å². The fraction of sp³-hybridized carbons (Fsp3) is 0.273. The first-order valence-electron chi connectivity index (χ1n) is 4.27. The molecule has 70 valence electrons. The van der Waals surface area contributed by atoms with Gasteiger partial charge in [0.2, 0.25) is 0 Å². The molecule has 0 fully saturated rings. The van der Waals surface area contributed by atoms with Crippen molar-refractivity contribution >= 4 is 22.0 Å². The number of benzene rings is 1. The van der Waals surface area contributed by atoms with Crippen LogP contribution in [0.1, 0.15) is 18.1 Å². The van der Waals surface area contributed by atoms with Crippen molar-refractivity contribution in [2.75, 3.05) is 6.54 Å².